The van der Waals surface area contributed by atoms with Gasteiger partial charge in [-0.25, -0.2) is 8.42 Å². The lowest BCUT2D eigenvalue weighted by Gasteiger charge is -2.18. The van der Waals surface area contributed by atoms with Crippen molar-refractivity contribution in [1.29, 1.82) is 0 Å². The van der Waals surface area contributed by atoms with Crippen molar-refractivity contribution in [1.82, 2.24) is 15.5 Å². The van der Waals surface area contributed by atoms with Gasteiger partial charge in [0.2, 0.25) is 5.89 Å². The zero-order chi connectivity index (χ0) is 12.7. The van der Waals surface area contributed by atoms with Gasteiger partial charge in [-0.1, -0.05) is 5.16 Å². The number of rotatable bonds is 3. The molecule has 2 rings (SSSR count). The van der Waals surface area contributed by atoms with Gasteiger partial charge in [-0.2, -0.15) is 4.98 Å². The Morgan fingerprint density at radius 1 is 1.53 bits per heavy atom. The minimum absolute atomic E-state index is 0.234. The van der Waals surface area contributed by atoms with E-state index >= 15 is 0 Å². The molecule has 7 heteroatoms. The van der Waals surface area contributed by atoms with E-state index in [1.165, 1.54) is 6.26 Å². The van der Waals surface area contributed by atoms with Gasteiger partial charge in [0.15, 0.2) is 15.7 Å². The third kappa shape index (κ3) is 2.35. The van der Waals surface area contributed by atoms with Gasteiger partial charge < -0.3 is 9.84 Å². The monoisotopic (exact) mass is 259 g/mol. The van der Waals surface area contributed by atoms with Gasteiger partial charge in [0.05, 0.1) is 5.54 Å². The lowest BCUT2D eigenvalue weighted by atomic mass is 10.0. The smallest absolute Gasteiger partial charge is 0.246 e. The van der Waals surface area contributed by atoms with Crippen LogP contribution in [0.15, 0.2) is 4.52 Å². The summed E-state index contributed by atoms with van der Waals surface area (Å²) in [5.41, 5.74) is -0.317. The van der Waals surface area contributed by atoms with Crippen LogP contribution in [0.3, 0.4) is 0 Å². The van der Waals surface area contributed by atoms with E-state index in [1.54, 1.807) is 6.92 Å². The maximum Gasteiger partial charge on any atom is 0.246 e. The number of nitrogens with zero attached hydrogens (tertiary/aromatic N) is 2. The van der Waals surface area contributed by atoms with Crippen molar-refractivity contribution >= 4 is 9.84 Å². The van der Waals surface area contributed by atoms with Crippen molar-refractivity contribution in [2.75, 3.05) is 12.8 Å². The number of hydrogen-bond donors (Lipinski definition) is 1. The van der Waals surface area contributed by atoms with E-state index in [0.717, 1.165) is 19.4 Å². The summed E-state index contributed by atoms with van der Waals surface area (Å²) in [5.74, 6) is 0.706. The molecule has 17 heavy (non-hydrogen) atoms. The Kier molecular flexibility index (Phi) is 2.99. The van der Waals surface area contributed by atoms with Gasteiger partial charge in [0.25, 0.3) is 0 Å². The highest BCUT2D eigenvalue weighted by Gasteiger charge is 2.36. The third-order valence-corrected chi connectivity index (χ3v) is 4.78. The fourth-order valence-corrected chi connectivity index (χ4v) is 2.37. The van der Waals surface area contributed by atoms with Crippen molar-refractivity contribution in [3.05, 3.63) is 11.7 Å². The third-order valence-electron chi connectivity index (χ3n) is 3.29. The summed E-state index contributed by atoms with van der Waals surface area (Å²) in [5, 5.41) is 6.33. The highest BCUT2D eigenvalue weighted by Crippen LogP contribution is 2.30. The van der Waals surface area contributed by atoms with E-state index in [1.807, 2.05) is 6.92 Å². The minimum Gasteiger partial charge on any atom is -0.337 e. The molecule has 0 aliphatic carbocycles. The molecule has 1 aromatic heterocycles. The number of hydrogen-bond acceptors (Lipinski definition) is 6. The summed E-state index contributed by atoms with van der Waals surface area (Å²) in [6.45, 7) is 4.46. The van der Waals surface area contributed by atoms with Crippen LogP contribution in [-0.2, 0) is 15.4 Å². The molecular weight excluding hydrogens is 242 g/mol. The van der Waals surface area contributed by atoms with Crippen molar-refractivity contribution < 1.29 is 12.9 Å². The molecule has 0 aromatic carbocycles. The summed E-state index contributed by atoms with van der Waals surface area (Å²) in [7, 11) is -3.19. The quantitative estimate of drug-likeness (QED) is 0.863. The molecule has 1 saturated heterocycles. The van der Waals surface area contributed by atoms with Gasteiger partial charge >= 0.3 is 0 Å². The first-order chi connectivity index (χ1) is 7.83. The molecular formula is C10H17N3O3S. The summed E-state index contributed by atoms with van der Waals surface area (Å²) in [6, 6.07) is 0. The molecule has 1 aromatic rings. The van der Waals surface area contributed by atoms with Crippen LogP contribution in [0.4, 0.5) is 0 Å². The van der Waals surface area contributed by atoms with Crippen LogP contribution in [0, 0.1) is 0 Å². The molecule has 0 spiro atoms. The Hall–Kier alpha value is -0.950. The molecule has 96 valence electrons. The average Bonchev–Trinajstić information content (AvgIpc) is 2.84. The van der Waals surface area contributed by atoms with Gasteiger partial charge in [-0.3, -0.25) is 0 Å². The fourth-order valence-electron chi connectivity index (χ4n) is 1.89. The van der Waals surface area contributed by atoms with Gasteiger partial charge in [-0.05, 0) is 33.2 Å². The van der Waals surface area contributed by atoms with Gasteiger partial charge in [0, 0.05) is 6.26 Å². The predicted octanol–water partition coefficient (Wildman–Crippen LogP) is 0.774. The molecule has 1 N–H and O–H groups in total. The second-order valence-corrected chi connectivity index (χ2v) is 7.16. The Labute approximate surface area is 101 Å². The van der Waals surface area contributed by atoms with Crippen LogP contribution >= 0.6 is 0 Å². The summed E-state index contributed by atoms with van der Waals surface area (Å²) in [6.07, 6.45) is 3.14. The molecule has 0 radical (unpaired) electrons. The maximum absolute atomic E-state index is 11.4. The first-order valence-corrected chi connectivity index (χ1v) is 7.56. The molecule has 0 bridgehead atoms. The highest BCUT2D eigenvalue weighted by atomic mass is 32.2. The fraction of sp³-hybridized carbons (Fsp3) is 0.800. The predicted molar refractivity (Wildman–Crippen MR) is 62.1 cm³/mol. The molecule has 6 nitrogen and oxygen atoms in total. The Morgan fingerprint density at radius 2 is 2.24 bits per heavy atom. The topological polar surface area (TPSA) is 85.1 Å². The molecule has 1 aliphatic heterocycles. The van der Waals surface area contributed by atoms with Crippen molar-refractivity contribution in [2.24, 2.45) is 0 Å². The molecule has 0 saturated carbocycles. The summed E-state index contributed by atoms with van der Waals surface area (Å²) in [4.78, 5) is 4.21. The van der Waals surface area contributed by atoms with E-state index in [9.17, 15) is 8.42 Å². The normalized spacial score (nSPS) is 27.2. The Morgan fingerprint density at radius 3 is 2.76 bits per heavy atom. The average molecular weight is 259 g/mol. The summed E-state index contributed by atoms with van der Waals surface area (Å²) < 4.78 is 28.0. The van der Waals surface area contributed by atoms with Crippen LogP contribution in [0.2, 0.25) is 0 Å². The highest BCUT2D eigenvalue weighted by molar-refractivity contribution is 7.90. The minimum atomic E-state index is -3.19. The zero-order valence-electron chi connectivity index (χ0n) is 10.2. The number of sulfone groups is 1. The van der Waals surface area contributed by atoms with Crippen LogP contribution in [0.1, 0.15) is 43.7 Å². The Bertz CT molecular complexity index is 503. The van der Waals surface area contributed by atoms with E-state index in [-0.39, 0.29) is 11.4 Å². The molecule has 0 amide bonds. The second-order valence-electron chi connectivity index (χ2n) is 4.79. The van der Waals surface area contributed by atoms with E-state index in [0.29, 0.717) is 5.89 Å². The Balaban J connectivity index is 2.27. The SMILES string of the molecule is CC(c1noc(C2(C)CCCN2)n1)S(C)(=O)=O. The molecule has 2 heterocycles. The van der Waals surface area contributed by atoms with E-state index < -0.39 is 15.1 Å². The van der Waals surface area contributed by atoms with Crippen LogP contribution in [-0.4, -0.2) is 31.4 Å². The van der Waals surface area contributed by atoms with Crippen LogP contribution < -0.4 is 5.32 Å². The lowest BCUT2D eigenvalue weighted by molar-refractivity contribution is 0.274. The van der Waals surface area contributed by atoms with Gasteiger partial charge in [-0.15, -0.1) is 0 Å². The molecule has 1 fully saturated rings. The van der Waals surface area contributed by atoms with Crippen LogP contribution in [0.5, 0.6) is 0 Å². The van der Waals surface area contributed by atoms with Crippen molar-refractivity contribution in [2.45, 2.75) is 37.5 Å². The van der Waals surface area contributed by atoms with E-state index in [2.05, 4.69) is 15.5 Å². The first-order valence-electron chi connectivity index (χ1n) is 5.61. The summed E-state index contributed by atoms with van der Waals surface area (Å²) >= 11 is 0. The molecule has 1 aliphatic rings. The van der Waals surface area contributed by atoms with Gasteiger partial charge in [0.1, 0.15) is 5.25 Å². The van der Waals surface area contributed by atoms with E-state index in [4.69, 9.17) is 4.52 Å². The van der Waals surface area contributed by atoms with Crippen molar-refractivity contribution in [3.63, 3.8) is 0 Å². The maximum atomic E-state index is 11.4. The lowest BCUT2D eigenvalue weighted by Crippen LogP contribution is -2.33. The standard InChI is InChI=1S/C10H17N3O3S/c1-7(17(3,14)15)8-12-9(16-13-8)10(2)5-4-6-11-10/h7,11H,4-6H2,1-3H3. The number of nitrogens with one attached hydrogen (secondary N) is 1. The first kappa shape index (κ1) is 12.5. The van der Waals surface area contributed by atoms with Crippen LogP contribution in [0.25, 0.3) is 0 Å². The second kappa shape index (κ2) is 4.06. The largest absolute Gasteiger partial charge is 0.337 e. The zero-order valence-corrected chi connectivity index (χ0v) is 11.0. The van der Waals surface area contributed by atoms with Crippen molar-refractivity contribution in [3.8, 4) is 0 Å². The molecule has 2 atom stereocenters. The molecule has 2 unspecified atom stereocenters. The number of aromatic nitrogens is 2.